The summed E-state index contributed by atoms with van der Waals surface area (Å²) in [4.78, 5) is 17.8. The molecule has 0 saturated heterocycles. The van der Waals surface area contributed by atoms with Gasteiger partial charge >= 0.3 is 0 Å². The van der Waals surface area contributed by atoms with Crippen molar-refractivity contribution in [2.45, 2.75) is 11.8 Å². The topological polar surface area (TPSA) is 41.9 Å². The van der Waals surface area contributed by atoms with Crippen molar-refractivity contribution in [1.29, 1.82) is 0 Å². The van der Waals surface area contributed by atoms with E-state index in [4.69, 9.17) is 15.0 Å². The molecule has 9 aromatic carbocycles. The van der Waals surface area contributed by atoms with Crippen molar-refractivity contribution < 1.29 is 0 Å². The molecular formula is C57H38N4. The van der Waals surface area contributed by atoms with Crippen molar-refractivity contribution >= 4 is 27.8 Å². The van der Waals surface area contributed by atoms with E-state index in [9.17, 15) is 0 Å². The summed E-state index contributed by atoms with van der Waals surface area (Å²) in [6.07, 6.45) is 0.606. The molecule has 1 unspecified atom stereocenters. The normalized spacial score (nSPS) is 14.4. The van der Waals surface area contributed by atoms with Gasteiger partial charge in [0.15, 0.2) is 11.6 Å². The number of fused-ring (bicyclic) bond motifs is 11. The Morgan fingerprint density at radius 2 is 0.934 bits per heavy atom. The average molecular weight is 779 g/mol. The Bertz CT molecular complexity index is 3270. The van der Waals surface area contributed by atoms with Gasteiger partial charge in [-0.1, -0.05) is 182 Å². The van der Waals surface area contributed by atoms with Crippen molar-refractivity contribution in [3.8, 4) is 45.0 Å². The van der Waals surface area contributed by atoms with Crippen LogP contribution in [0.2, 0.25) is 0 Å². The van der Waals surface area contributed by atoms with E-state index in [2.05, 4.69) is 199 Å². The molecule has 2 aliphatic rings. The number of hydrogen-bond donors (Lipinski definition) is 0. The molecule has 0 saturated carbocycles. The molecule has 0 N–H and O–H groups in total. The highest BCUT2D eigenvalue weighted by Crippen LogP contribution is 2.63. The lowest BCUT2D eigenvalue weighted by molar-refractivity contribution is 0.793. The highest BCUT2D eigenvalue weighted by Gasteiger charge is 2.52. The van der Waals surface area contributed by atoms with Crippen molar-refractivity contribution in [2.24, 2.45) is 0 Å². The number of nitrogens with zero attached hydrogens (tertiary/aromatic N) is 4. The van der Waals surface area contributed by atoms with Crippen LogP contribution >= 0.6 is 0 Å². The summed E-state index contributed by atoms with van der Waals surface area (Å²) in [5.41, 5.74) is 15.9. The fourth-order valence-electron chi connectivity index (χ4n) is 9.94. The predicted molar refractivity (Wildman–Crippen MR) is 248 cm³/mol. The first-order valence-electron chi connectivity index (χ1n) is 20.9. The van der Waals surface area contributed by atoms with E-state index in [0.717, 1.165) is 39.6 Å². The predicted octanol–water partition coefficient (Wildman–Crippen LogP) is 13.8. The molecule has 0 bridgehead atoms. The quantitative estimate of drug-likeness (QED) is 0.162. The Labute approximate surface area is 355 Å². The average Bonchev–Trinajstić information content (AvgIpc) is 3.79. The second-order valence-electron chi connectivity index (χ2n) is 15.9. The van der Waals surface area contributed by atoms with Gasteiger partial charge in [0.2, 0.25) is 0 Å². The van der Waals surface area contributed by atoms with Crippen molar-refractivity contribution in [3.05, 3.63) is 252 Å². The molecule has 4 nitrogen and oxygen atoms in total. The Morgan fingerprint density at radius 1 is 0.377 bits per heavy atom. The van der Waals surface area contributed by atoms with Crippen molar-refractivity contribution in [3.63, 3.8) is 0 Å². The van der Waals surface area contributed by atoms with Gasteiger partial charge in [0.1, 0.15) is 5.82 Å². The molecule has 0 aliphatic heterocycles. The molecule has 0 amide bonds. The summed E-state index contributed by atoms with van der Waals surface area (Å²) in [6.45, 7) is 0. The standard InChI is InChI=1S/C57H38N4/c1-4-17-38(18-5-1)35-54-58-55(40-20-6-2-7-21-40)60-56(59-54)41-31-33-47-45-26-12-14-28-49(45)57(51(47)36-41)50-29-15-13-27-46(50)48-34-32-43(37-52(48)57)61(42-23-8-3-9-24-42)53-30-16-22-39-19-10-11-25-44(39)53/h1-34,36-37H,35H2. The van der Waals surface area contributed by atoms with Crippen LogP contribution in [0.5, 0.6) is 0 Å². The van der Waals surface area contributed by atoms with Crippen LogP contribution in [-0.4, -0.2) is 15.0 Å². The molecule has 286 valence electrons. The van der Waals surface area contributed by atoms with Crippen LogP contribution in [0.1, 0.15) is 33.6 Å². The fourth-order valence-corrected chi connectivity index (χ4v) is 9.94. The minimum Gasteiger partial charge on any atom is -0.310 e. The molecule has 4 heteroatoms. The summed E-state index contributed by atoms with van der Waals surface area (Å²) >= 11 is 0. The third kappa shape index (κ3) is 5.57. The molecule has 10 aromatic rings. The van der Waals surface area contributed by atoms with Gasteiger partial charge in [-0.3, -0.25) is 0 Å². The minimum absolute atomic E-state index is 0.590. The van der Waals surface area contributed by atoms with E-state index in [1.807, 2.05) is 24.3 Å². The van der Waals surface area contributed by atoms with Crippen LogP contribution in [0.3, 0.4) is 0 Å². The third-order valence-electron chi connectivity index (χ3n) is 12.5. The second-order valence-corrected chi connectivity index (χ2v) is 15.9. The van der Waals surface area contributed by atoms with Gasteiger partial charge in [0, 0.05) is 34.3 Å². The Morgan fingerprint density at radius 3 is 1.67 bits per heavy atom. The lowest BCUT2D eigenvalue weighted by atomic mass is 9.70. The zero-order valence-corrected chi connectivity index (χ0v) is 33.3. The first-order valence-corrected chi connectivity index (χ1v) is 20.9. The third-order valence-corrected chi connectivity index (χ3v) is 12.5. The maximum Gasteiger partial charge on any atom is 0.163 e. The van der Waals surface area contributed by atoms with Crippen LogP contribution < -0.4 is 4.90 Å². The van der Waals surface area contributed by atoms with E-state index in [-0.39, 0.29) is 0 Å². The maximum absolute atomic E-state index is 5.20. The molecule has 2 aliphatic carbocycles. The number of aromatic nitrogens is 3. The minimum atomic E-state index is -0.590. The summed E-state index contributed by atoms with van der Waals surface area (Å²) in [6, 6.07) is 78.6. The van der Waals surface area contributed by atoms with Crippen molar-refractivity contribution in [2.75, 3.05) is 4.90 Å². The SMILES string of the molecule is c1ccc(Cc2nc(-c3ccccc3)nc(-c3ccc4c(c3)C3(c5ccccc5-4)c4ccccc4-c4ccc(N(c5ccccc5)c5cccc6ccccc56)cc43)n2)cc1. The largest absolute Gasteiger partial charge is 0.310 e. The van der Waals surface area contributed by atoms with Gasteiger partial charge in [-0.05, 0) is 91.9 Å². The Balaban J connectivity index is 1.10. The lowest BCUT2D eigenvalue weighted by Gasteiger charge is -2.32. The van der Waals surface area contributed by atoms with E-state index in [1.165, 1.54) is 55.3 Å². The highest BCUT2D eigenvalue weighted by molar-refractivity contribution is 6.01. The second kappa shape index (κ2) is 14.1. The van der Waals surface area contributed by atoms with Gasteiger partial charge in [-0.25, -0.2) is 15.0 Å². The monoisotopic (exact) mass is 778 g/mol. The van der Waals surface area contributed by atoms with E-state index < -0.39 is 5.41 Å². The zero-order valence-electron chi connectivity index (χ0n) is 33.3. The van der Waals surface area contributed by atoms with Crippen LogP contribution in [-0.2, 0) is 11.8 Å². The van der Waals surface area contributed by atoms with E-state index >= 15 is 0 Å². The smallest absolute Gasteiger partial charge is 0.163 e. The number of benzene rings is 9. The van der Waals surface area contributed by atoms with Crippen LogP contribution in [0.15, 0.2) is 218 Å². The molecule has 61 heavy (non-hydrogen) atoms. The molecule has 12 rings (SSSR count). The van der Waals surface area contributed by atoms with Crippen LogP contribution in [0.4, 0.5) is 17.1 Å². The van der Waals surface area contributed by atoms with E-state index in [1.54, 1.807) is 0 Å². The van der Waals surface area contributed by atoms with Gasteiger partial charge in [0.05, 0.1) is 11.1 Å². The molecule has 1 spiro atoms. The Hall–Kier alpha value is -7.95. The first-order chi connectivity index (χ1) is 30.2. The number of hydrogen-bond acceptors (Lipinski definition) is 4. The number of rotatable bonds is 7. The number of para-hydroxylation sites is 1. The highest BCUT2D eigenvalue weighted by atomic mass is 15.1. The molecule has 1 aromatic heterocycles. The Kier molecular flexibility index (Phi) is 8.10. The maximum atomic E-state index is 5.20. The number of anilines is 3. The van der Waals surface area contributed by atoms with Gasteiger partial charge < -0.3 is 4.90 Å². The fraction of sp³-hybridized carbons (Fsp3) is 0.0351. The van der Waals surface area contributed by atoms with E-state index in [0.29, 0.717) is 18.1 Å². The summed E-state index contributed by atoms with van der Waals surface area (Å²) in [5.74, 6) is 2.08. The summed E-state index contributed by atoms with van der Waals surface area (Å²) in [5, 5.41) is 2.41. The van der Waals surface area contributed by atoms with Crippen LogP contribution in [0, 0.1) is 0 Å². The summed E-state index contributed by atoms with van der Waals surface area (Å²) < 4.78 is 0. The van der Waals surface area contributed by atoms with Crippen molar-refractivity contribution in [1.82, 2.24) is 15.0 Å². The first kappa shape index (κ1) is 35.0. The van der Waals surface area contributed by atoms with Crippen LogP contribution in [0.25, 0.3) is 55.8 Å². The van der Waals surface area contributed by atoms with Gasteiger partial charge in [-0.15, -0.1) is 0 Å². The van der Waals surface area contributed by atoms with Gasteiger partial charge in [0.25, 0.3) is 0 Å². The van der Waals surface area contributed by atoms with Gasteiger partial charge in [-0.2, -0.15) is 0 Å². The molecule has 1 heterocycles. The lowest BCUT2D eigenvalue weighted by Crippen LogP contribution is -2.26. The molecule has 1 atom stereocenters. The zero-order chi connectivity index (χ0) is 40.3. The molecule has 0 radical (unpaired) electrons. The summed E-state index contributed by atoms with van der Waals surface area (Å²) in [7, 11) is 0. The molecular weight excluding hydrogens is 741 g/mol. The molecule has 0 fully saturated rings.